The lowest BCUT2D eigenvalue weighted by Gasteiger charge is -2.43. The van der Waals surface area contributed by atoms with E-state index in [9.17, 15) is 4.79 Å². The molecular formula is C35H59NO4. The van der Waals surface area contributed by atoms with Crippen LogP contribution >= 0.6 is 0 Å². The third-order valence-corrected chi connectivity index (χ3v) is 6.57. The van der Waals surface area contributed by atoms with E-state index >= 15 is 0 Å². The molecule has 5 heteroatoms. The molecular weight excluding hydrogens is 498 g/mol. The van der Waals surface area contributed by atoms with Crippen molar-refractivity contribution >= 4 is 11.5 Å². The van der Waals surface area contributed by atoms with Gasteiger partial charge in [-0.2, -0.15) is 0 Å². The fourth-order valence-corrected chi connectivity index (χ4v) is 3.69. The van der Waals surface area contributed by atoms with E-state index < -0.39 is 6.29 Å². The minimum Gasteiger partial charge on any atom is -0.460 e. The molecule has 0 aliphatic rings. The second-order valence-corrected chi connectivity index (χ2v) is 13.1. The lowest BCUT2D eigenvalue weighted by Crippen LogP contribution is -2.33. The van der Waals surface area contributed by atoms with Gasteiger partial charge in [0.25, 0.3) is 0 Å². The number of benzene rings is 1. The Kier molecular flexibility index (Phi) is 18.4. The van der Waals surface area contributed by atoms with Crippen molar-refractivity contribution in [2.24, 2.45) is 22.0 Å². The number of esters is 1. The zero-order chi connectivity index (χ0) is 31.7. The van der Waals surface area contributed by atoms with E-state index in [1.807, 2.05) is 50.3 Å². The number of rotatable bonds is 9. The average Bonchev–Trinajstić information content (AvgIpc) is 2.80. The molecule has 0 spiro atoms. The summed E-state index contributed by atoms with van der Waals surface area (Å²) in [7, 11) is 0. The van der Waals surface area contributed by atoms with Crippen molar-refractivity contribution in [3.8, 4) is 0 Å². The van der Waals surface area contributed by atoms with Gasteiger partial charge < -0.3 is 20.3 Å². The largest absolute Gasteiger partial charge is 0.460 e. The lowest BCUT2D eigenvalue weighted by atomic mass is 9.63. The first kappa shape index (κ1) is 39.5. The second-order valence-electron chi connectivity index (χ2n) is 13.1. The van der Waals surface area contributed by atoms with E-state index in [2.05, 4.69) is 74.1 Å². The smallest absolute Gasteiger partial charge is 0.302 e. The monoisotopic (exact) mass is 557 g/mol. The number of carbonyl (C=O) groups excluding carboxylic acids is 1. The number of allylic oxidation sites excluding steroid dienone is 6. The van der Waals surface area contributed by atoms with Gasteiger partial charge in [0.05, 0.1) is 6.61 Å². The van der Waals surface area contributed by atoms with Crippen LogP contribution in [0.25, 0.3) is 5.57 Å². The predicted octanol–water partition coefficient (Wildman–Crippen LogP) is 8.85. The molecule has 228 valence electrons. The molecule has 1 aromatic carbocycles. The van der Waals surface area contributed by atoms with Crippen LogP contribution in [0.2, 0.25) is 0 Å². The summed E-state index contributed by atoms with van der Waals surface area (Å²) in [6.45, 7) is 31.1. The van der Waals surface area contributed by atoms with Gasteiger partial charge in [0.1, 0.15) is 6.10 Å². The van der Waals surface area contributed by atoms with Crippen molar-refractivity contribution in [1.82, 2.24) is 0 Å². The molecule has 1 rings (SSSR count). The molecule has 3 N–H and O–H groups in total. The van der Waals surface area contributed by atoms with Crippen LogP contribution in [0.3, 0.4) is 0 Å². The Morgan fingerprint density at radius 2 is 1.50 bits per heavy atom. The van der Waals surface area contributed by atoms with Gasteiger partial charge in [-0.3, -0.25) is 4.79 Å². The van der Waals surface area contributed by atoms with Crippen LogP contribution < -0.4 is 5.73 Å². The molecule has 2 atom stereocenters. The summed E-state index contributed by atoms with van der Waals surface area (Å²) in [5, 5.41) is 8.67. The average molecular weight is 558 g/mol. The van der Waals surface area contributed by atoms with E-state index in [-0.39, 0.29) is 18.7 Å². The Labute approximate surface area is 246 Å². The number of aliphatic hydroxyl groups excluding tert-OH is 1. The van der Waals surface area contributed by atoms with Gasteiger partial charge >= 0.3 is 5.97 Å². The van der Waals surface area contributed by atoms with Crippen LogP contribution in [0.15, 0.2) is 72.5 Å². The van der Waals surface area contributed by atoms with Crippen LogP contribution in [0.1, 0.15) is 102 Å². The summed E-state index contributed by atoms with van der Waals surface area (Å²) in [4.78, 5) is 10.4. The molecule has 5 nitrogen and oxygen atoms in total. The number of carbonyl (C=O) groups is 1. The maximum atomic E-state index is 10.4. The number of hydrogen-bond donors (Lipinski definition) is 2. The third kappa shape index (κ3) is 19.4. The summed E-state index contributed by atoms with van der Waals surface area (Å²) in [5.74, 6) is -0.341. The van der Waals surface area contributed by atoms with Crippen LogP contribution in [-0.2, 0) is 14.3 Å². The van der Waals surface area contributed by atoms with Crippen LogP contribution in [0.5, 0.6) is 0 Å². The van der Waals surface area contributed by atoms with E-state index in [0.717, 1.165) is 22.4 Å². The Morgan fingerprint density at radius 3 is 1.88 bits per heavy atom. The lowest BCUT2D eigenvalue weighted by molar-refractivity contribution is -0.156. The van der Waals surface area contributed by atoms with Crippen LogP contribution in [0.4, 0.5) is 0 Å². The fraction of sp³-hybridized carbons (Fsp3) is 0.571. The highest BCUT2D eigenvalue weighted by atomic mass is 16.6. The van der Waals surface area contributed by atoms with Crippen molar-refractivity contribution in [3.63, 3.8) is 0 Å². The molecule has 0 saturated heterocycles. The summed E-state index contributed by atoms with van der Waals surface area (Å²) in [6, 6.07) is 10.2. The Balaban J connectivity index is 0. The van der Waals surface area contributed by atoms with Crippen molar-refractivity contribution in [2.45, 2.75) is 109 Å². The minimum atomic E-state index is -0.812. The molecule has 0 saturated carbocycles. The Hall–Kier alpha value is -2.63. The van der Waals surface area contributed by atoms with Gasteiger partial charge in [-0.1, -0.05) is 117 Å². The standard InChI is InChI=1S/C16H19N.C12H26.C7H14O4/c1-4-5-7-10-13(2)16(17)14(3)15-11-8-6-9-12-15;1-10(2,3)9-12(7,8)11(4,5)6;1-5(11-7(3)9)4-10-6(2)8/h4-12H,1,17H2,2-3H3;9H2,1-8H3;5-6,8H,4H2,1-3H3/b7-5-,13-10+,16-14-;;. The Bertz CT molecular complexity index is 955. The van der Waals surface area contributed by atoms with E-state index in [0.29, 0.717) is 16.2 Å². The predicted molar refractivity (Wildman–Crippen MR) is 172 cm³/mol. The molecule has 0 radical (unpaired) electrons. The molecule has 0 aromatic heterocycles. The van der Waals surface area contributed by atoms with Gasteiger partial charge in [0.15, 0.2) is 6.29 Å². The first-order valence-corrected chi connectivity index (χ1v) is 14.1. The zero-order valence-corrected chi connectivity index (χ0v) is 27.7. The second kappa shape index (κ2) is 18.7. The summed E-state index contributed by atoms with van der Waals surface area (Å²) >= 11 is 0. The van der Waals surface area contributed by atoms with Gasteiger partial charge in [-0.25, -0.2) is 0 Å². The molecule has 0 heterocycles. The van der Waals surface area contributed by atoms with Crippen LogP contribution in [-0.4, -0.2) is 30.1 Å². The van der Waals surface area contributed by atoms with Gasteiger partial charge in [-0.15, -0.1) is 0 Å². The SMILES string of the molecule is C=C\C=C/C=C(C)/C(N)=C(\C)c1ccccc1.CC(=O)OC(C)COC(C)O.CC(C)(C)CC(C)(C)C(C)(C)C. The fourth-order valence-electron chi connectivity index (χ4n) is 3.69. The zero-order valence-electron chi connectivity index (χ0n) is 27.7. The maximum absolute atomic E-state index is 10.4. The van der Waals surface area contributed by atoms with E-state index in [1.54, 1.807) is 13.0 Å². The van der Waals surface area contributed by atoms with E-state index in [1.165, 1.54) is 20.3 Å². The molecule has 40 heavy (non-hydrogen) atoms. The topological polar surface area (TPSA) is 81.8 Å². The van der Waals surface area contributed by atoms with Crippen molar-refractivity contribution < 1.29 is 19.4 Å². The minimum absolute atomic E-state index is 0.219. The van der Waals surface area contributed by atoms with Gasteiger partial charge in [0, 0.05) is 12.6 Å². The number of nitrogens with two attached hydrogens (primary N) is 1. The summed E-state index contributed by atoms with van der Waals surface area (Å²) in [6.07, 6.45) is 7.72. The van der Waals surface area contributed by atoms with Crippen molar-refractivity contribution in [3.05, 3.63) is 78.0 Å². The molecule has 2 unspecified atom stereocenters. The highest BCUT2D eigenvalue weighted by molar-refractivity contribution is 5.69. The highest BCUT2D eigenvalue weighted by Gasteiger charge is 2.35. The van der Waals surface area contributed by atoms with Crippen LogP contribution in [0, 0.1) is 16.2 Å². The third-order valence-electron chi connectivity index (χ3n) is 6.57. The Morgan fingerprint density at radius 1 is 0.975 bits per heavy atom. The number of aliphatic hydroxyl groups is 1. The van der Waals surface area contributed by atoms with Gasteiger partial charge in [-0.05, 0) is 67.1 Å². The number of hydrogen-bond acceptors (Lipinski definition) is 5. The first-order chi connectivity index (χ1) is 18.1. The van der Waals surface area contributed by atoms with E-state index in [4.69, 9.17) is 20.3 Å². The van der Waals surface area contributed by atoms with Crippen molar-refractivity contribution in [2.75, 3.05) is 6.61 Å². The normalized spacial score (nSPS) is 14.6. The number of ether oxygens (including phenoxy) is 2. The molecule has 1 aromatic rings. The first-order valence-electron chi connectivity index (χ1n) is 14.1. The molecule has 0 bridgehead atoms. The maximum Gasteiger partial charge on any atom is 0.302 e. The summed E-state index contributed by atoms with van der Waals surface area (Å²) < 4.78 is 9.51. The van der Waals surface area contributed by atoms with Gasteiger partial charge in [0.2, 0.25) is 0 Å². The molecule has 0 aliphatic carbocycles. The summed E-state index contributed by atoms with van der Waals surface area (Å²) in [5.41, 5.74) is 11.5. The molecule has 0 fully saturated rings. The highest BCUT2D eigenvalue weighted by Crippen LogP contribution is 2.45. The molecule has 0 amide bonds. The quantitative estimate of drug-likeness (QED) is 0.180. The van der Waals surface area contributed by atoms with Crippen molar-refractivity contribution in [1.29, 1.82) is 0 Å². The molecule has 0 aliphatic heterocycles.